The van der Waals surface area contributed by atoms with Crippen molar-refractivity contribution in [3.05, 3.63) is 29.8 Å². The number of ether oxygens (including phenoxy) is 2. The minimum Gasteiger partial charge on any atom is -0.484 e. The summed E-state index contributed by atoms with van der Waals surface area (Å²) in [6.45, 7) is 3.36. The Hall–Kier alpha value is -1.59. The molecule has 3 N–H and O–H groups in total. The first-order chi connectivity index (χ1) is 9.65. The first-order valence-corrected chi connectivity index (χ1v) is 7.00. The second kappa shape index (κ2) is 7.26. The highest BCUT2D eigenvalue weighted by Gasteiger charge is 2.16. The van der Waals surface area contributed by atoms with Crippen LogP contribution in [-0.2, 0) is 9.53 Å². The lowest BCUT2D eigenvalue weighted by atomic mass is 10.1. The standard InChI is InChI=1S/C15H22N2O3/c1-11(16)12-3-2-4-14(9-12)20-10-15(18)17-13-5-7-19-8-6-13/h2-4,9,11,13H,5-8,10,16H2,1H3,(H,17,18)/t11-/m0/s1. The van der Waals surface area contributed by atoms with E-state index in [0.29, 0.717) is 19.0 Å². The van der Waals surface area contributed by atoms with Gasteiger partial charge < -0.3 is 20.5 Å². The number of rotatable bonds is 5. The quantitative estimate of drug-likeness (QED) is 0.853. The van der Waals surface area contributed by atoms with Crippen LogP contribution in [0.15, 0.2) is 24.3 Å². The summed E-state index contributed by atoms with van der Waals surface area (Å²) in [5.41, 5.74) is 6.81. The molecule has 20 heavy (non-hydrogen) atoms. The van der Waals surface area contributed by atoms with Gasteiger partial charge in [0.1, 0.15) is 5.75 Å². The van der Waals surface area contributed by atoms with E-state index in [1.54, 1.807) is 0 Å². The van der Waals surface area contributed by atoms with Crippen LogP contribution < -0.4 is 15.8 Å². The van der Waals surface area contributed by atoms with E-state index in [0.717, 1.165) is 18.4 Å². The van der Waals surface area contributed by atoms with Crippen LogP contribution in [0.3, 0.4) is 0 Å². The zero-order valence-corrected chi connectivity index (χ0v) is 11.8. The third-order valence-corrected chi connectivity index (χ3v) is 3.34. The minimum atomic E-state index is -0.0944. The van der Waals surface area contributed by atoms with E-state index >= 15 is 0 Å². The van der Waals surface area contributed by atoms with Crippen molar-refractivity contribution in [2.45, 2.75) is 31.8 Å². The molecule has 1 aliphatic heterocycles. The Morgan fingerprint density at radius 2 is 2.25 bits per heavy atom. The van der Waals surface area contributed by atoms with Crippen LogP contribution in [0.2, 0.25) is 0 Å². The molecule has 1 aliphatic rings. The van der Waals surface area contributed by atoms with Crippen molar-refractivity contribution in [1.82, 2.24) is 5.32 Å². The molecule has 5 nitrogen and oxygen atoms in total. The van der Waals surface area contributed by atoms with Gasteiger partial charge in [-0.15, -0.1) is 0 Å². The van der Waals surface area contributed by atoms with Crippen LogP contribution in [0.1, 0.15) is 31.4 Å². The second-order valence-electron chi connectivity index (χ2n) is 5.10. The van der Waals surface area contributed by atoms with E-state index in [1.807, 2.05) is 31.2 Å². The summed E-state index contributed by atoms with van der Waals surface area (Å²) in [5, 5.41) is 2.96. The van der Waals surface area contributed by atoms with Crippen molar-refractivity contribution in [3.8, 4) is 5.75 Å². The molecule has 0 radical (unpaired) electrons. The van der Waals surface area contributed by atoms with Gasteiger partial charge >= 0.3 is 0 Å². The molecule has 0 saturated carbocycles. The van der Waals surface area contributed by atoms with Gasteiger partial charge in [-0.25, -0.2) is 0 Å². The van der Waals surface area contributed by atoms with Crippen molar-refractivity contribution in [2.75, 3.05) is 19.8 Å². The Morgan fingerprint density at radius 3 is 2.95 bits per heavy atom. The maximum Gasteiger partial charge on any atom is 0.258 e. The Labute approximate surface area is 119 Å². The summed E-state index contributed by atoms with van der Waals surface area (Å²) in [6, 6.07) is 7.68. The maximum absolute atomic E-state index is 11.8. The average Bonchev–Trinajstić information content (AvgIpc) is 2.46. The van der Waals surface area contributed by atoms with Crippen molar-refractivity contribution in [1.29, 1.82) is 0 Å². The molecule has 1 atom stereocenters. The molecule has 1 aromatic rings. The zero-order valence-electron chi connectivity index (χ0n) is 11.8. The van der Waals surface area contributed by atoms with Crippen LogP contribution in [0.5, 0.6) is 5.75 Å². The van der Waals surface area contributed by atoms with Gasteiger partial charge in [-0.1, -0.05) is 12.1 Å². The molecule has 0 aromatic heterocycles. The van der Waals surface area contributed by atoms with Crippen LogP contribution in [0, 0.1) is 0 Å². The van der Waals surface area contributed by atoms with Crippen molar-refractivity contribution in [2.24, 2.45) is 5.73 Å². The number of carbonyl (C=O) groups is 1. The third kappa shape index (κ3) is 4.51. The molecule has 1 heterocycles. The summed E-state index contributed by atoms with van der Waals surface area (Å²) >= 11 is 0. The SMILES string of the molecule is C[C@H](N)c1cccc(OCC(=O)NC2CCOCC2)c1. The highest BCUT2D eigenvalue weighted by molar-refractivity contribution is 5.77. The Kier molecular flexibility index (Phi) is 5.38. The molecule has 0 bridgehead atoms. The highest BCUT2D eigenvalue weighted by atomic mass is 16.5. The monoisotopic (exact) mass is 278 g/mol. The minimum absolute atomic E-state index is 0.0275. The molecule has 1 fully saturated rings. The average molecular weight is 278 g/mol. The molecule has 5 heteroatoms. The summed E-state index contributed by atoms with van der Waals surface area (Å²) < 4.78 is 10.8. The molecule has 110 valence electrons. The van der Waals surface area contributed by atoms with Gasteiger partial charge in [0.15, 0.2) is 6.61 Å². The van der Waals surface area contributed by atoms with Gasteiger partial charge in [-0.05, 0) is 37.5 Å². The smallest absolute Gasteiger partial charge is 0.258 e. The normalized spacial score (nSPS) is 17.5. The van der Waals surface area contributed by atoms with Gasteiger partial charge in [0.25, 0.3) is 5.91 Å². The molecule has 0 unspecified atom stereocenters. The van der Waals surface area contributed by atoms with Crippen molar-refractivity contribution in [3.63, 3.8) is 0 Å². The van der Waals surface area contributed by atoms with Crippen LogP contribution in [0.4, 0.5) is 0 Å². The number of hydrogen-bond donors (Lipinski definition) is 2. The summed E-state index contributed by atoms with van der Waals surface area (Å²) in [4.78, 5) is 11.8. The van der Waals surface area contributed by atoms with Crippen LogP contribution in [-0.4, -0.2) is 31.8 Å². The molecule has 1 saturated heterocycles. The third-order valence-electron chi connectivity index (χ3n) is 3.34. The number of nitrogens with one attached hydrogen (secondary N) is 1. The van der Waals surface area contributed by atoms with Gasteiger partial charge in [-0.3, -0.25) is 4.79 Å². The predicted octanol–water partition coefficient (Wildman–Crippen LogP) is 1.38. The Balaban J connectivity index is 1.79. The number of benzene rings is 1. The van der Waals surface area contributed by atoms with Crippen molar-refractivity contribution >= 4 is 5.91 Å². The van der Waals surface area contributed by atoms with E-state index in [1.165, 1.54) is 0 Å². The summed E-state index contributed by atoms with van der Waals surface area (Å²) in [6.07, 6.45) is 1.73. The number of hydrogen-bond acceptors (Lipinski definition) is 4. The molecule has 1 aromatic carbocycles. The van der Waals surface area contributed by atoms with Crippen LogP contribution >= 0.6 is 0 Å². The molecule has 2 rings (SSSR count). The second-order valence-corrected chi connectivity index (χ2v) is 5.10. The van der Waals surface area contributed by atoms with E-state index < -0.39 is 0 Å². The van der Waals surface area contributed by atoms with Crippen molar-refractivity contribution < 1.29 is 14.3 Å². The fourth-order valence-electron chi connectivity index (χ4n) is 2.15. The fourth-order valence-corrected chi connectivity index (χ4v) is 2.15. The number of nitrogens with two attached hydrogens (primary N) is 1. The summed E-state index contributed by atoms with van der Waals surface area (Å²) in [7, 11) is 0. The zero-order chi connectivity index (χ0) is 14.4. The van der Waals surface area contributed by atoms with E-state index in [-0.39, 0.29) is 24.6 Å². The predicted molar refractivity (Wildman–Crippen MR) is 76.5 cm³/mol. The number of amides is 1. The largest absolute Gasteiger partial charge is 0.484 e. The fraction of sp³-hybridized carbons (Fsp3) is 0.533. The summed E-state index contributed by atoms with van der Waals surface area (Å²) in [5.74, 6) is 0.574. The van der Waals surface area contributed by atoms with E-state index in [4.69, 9.17) is 15.2 Å². The Morgan fingerprint density at radius 1 is 1.50 bits per heavy atom. The van der Waals surface area contributed by atoms with Gasteiger partial charge in [0, 0.05) is 25.3 Å². The lowest BCUT2D eigenvalue weighted by Gasteiger charge is -2.23. The maximum atomic E-state index is 11.8. The molecule has 0 aliphatic carbocycles. The van der Waals surface area contributed by atoms with E-state index in [9.17, 15) is 4.79 Å². The topological polar surface area (TPSA) is 73.6 Å². The lowest BCUT2D eigenvalue weighted by molar-refractivity contribution is -0.124. The van der Waals surface area contributed by atoms with Gasteiger partial charge in [0.05, 0.1) is 0 Å². The first-order valence-electron chi connectivity index (χ1n) is 7.00. The van der Waals surface area contributed by atoms with E-state index in [2.05, 4.69) is 5.32 Å². The van der Waals surface area contributed by atoms with Gasteiger partial charge in [-0.2, -0.15) is 0 Å². The molecule has 0 spiro atoms. The Bertz CT molecular complexity index is 442. The van der Waals surface area contributed by atoms with Gasteiger partial charge in [0.2, 0.25) is 0 Å². The lowest BCUT2D eigenvalue weighted by Crippen LogP contribution is -2.41. The van der Waals surface area contributed by atoms with Crippen LogP contribution in [0.25, 0.3) is 0 Å². The highest BCUT2D eigenvalue weighted by Crippen LogP contribution is 2.17. The molecular weight excluding hydrogens is 256 g/mol. The first kappa shape index (κ1) is 14.8. The molecule has 1 amide bonds. The molecular formula is C15H22N2O3. The number of carbonyl (C=O) groups excluding carboxylic acids is 1.